The summed E-state index contributed by atoms with van der Waals surface area (Å²) in [6.45, 7) is 0.192. The van der Waals surface area contributed by atoms with Gasteiger partial charge in [-0.1, -0.05) is 6.07 Å². The van der Waals surface area contributed by atoms with Crippen molar-refractivity contribution in [2.45, 2.75) is 18.3 Å². The van der Waals surface area contributed by atoms with Crippen LogP contribution in [0.15, 0.2) is 16.6 Å². The van der Waals surface area contributed by atoms with Crippen molar-refractivity contribution >= 4 is 21.9 Å². The highest BCUT2D eigenvalue weighted by Gasteiger charge is 2.53. The second kappa shape index (κ2) is 3.13. The van der Waals surface area contributed by atoms with Gasteiger partial charge >= 0.3 is 5.97 Å². The minimum Gasteiger partial charge on any atom is -0.481 e. The van der Waals surface area contributed by atoms with Crippen molar-refractivity contribution in [3.63, 3.8) is 0 Å². The standard InChI is InChI=1S/C11H9BrO4/c12-8-6(11(3-4-11)10(13)14)1-2-7-9(8)16-5-15-7/h1-2H,3-5H2,(H,13,14). The minimum atomic E-state index is -0.771. The molecule has 1 aliphatic heterocycles. The van der Waals surface area contributed by atoms with Crippen molar-refractivity contribution in [2.75, 3.05) is 6.79 Å². The van der Waals surface area contributed by atoms with Gasteiger partial charge in [-0.3, -0.25) is 4.79 Å². The summed E-state index contributed by atoms with van der Waals surface area (Å²) in [6.07, 6.45) is 1.36. The van der Waals surface area contributed by atoms with E-state index >= 15 is 0 Å². The van der Waals surface area contributed by atoms with Gasteiger partial charge in [0.25, 0.3) is 0 Å². The van der Waals surface area contributed by atoms with Gasteiger partial charge in [0.1, 0.15) is 0 Å². The SMILES string of the molecule is O=C(O)C1(c2ccc3c(c2Br)OCO3)CC1. The van der Waals surface area contributed by atoms with E-state index in [1.165, 1.54) is 0 Å². The molecular weight excluding hydrogens is 276 g/mol. The van der Waals surface area contributed by atoms with Crippen molar-refractivity contribution in [3.05, 3.63) is 22.2 Å². The van der Waals surface area contributed by atoms with Crippen LogP contribution in [0.5, 0.6) is 11.5 Å². The third kappa shape index (κ3) is 1.18. The highest BCUT2D eigenvalue weighted by atomic mass is 79.9. The molecule has 5 heteroatoms. The Kier molecular flexibility index (Phi) is 1.95. The van der Waals surface area contributed by atoms with Crippen LogP contribution >= 0.6 is 15.9 Å². The van der Waals surface area contributed by atoms with Gasteiger partial charge in [0.15, 0.2) is 11.5 Å². The molecule has 0 unspecified atom stereocenters. The quantitative estimate of drug-likeness (QED) is 0.905. The predicted octanol–water partition coefficient (Wildman–Crippen LogP) is 2.29. The number of ether oxygens (including phenoxy) is 2. The van der Waals surface area contributed by atoms with Crippen LogP contribution in [0.2, 0.25) is 0 Å². The molecule has 1 N–H and O–H groups in total. The van der Waals surface area contributed by atoms with Crippen LogP contribution in [0.1, 0.15) is 18.4 Å². The third-order valence-electron chi connectivity index (χ3n) is 3.15. The summed E-state index contributed by atoms with van der Waals surface area (Å²) in [5, 5.41) is 9.24. The summed E-state index contributed by atoms with van der Waals surface area (Å²) in [7, 11) is 0. The Labute approximate surface area is 100 Å². The molecule has 3 rings (SSSR count). The summed E-state index contributed by atoms with van der Waals surface area (Å²) in [6, 6.07) is 3.57. The van der Waals surface area contributed by atoms with E-state index in [0.717, 1.165) is 5.56 Å². The molecule has 1 heterocycles. The predicted molar refractivity (Wildman–Crippen MR) is 58.8 cm³/mol. The molecule has 0 amide bonds. The van der Waals surface area contributed by atoms with E-state index in [2.05, 4.69) is 15.9 Å². The molecule has 0 atom stereocenters. The number of hydrogen-bond acceptors (Lipinski definition) is 3. The molecule has 0 saturated heterocycles. The van der Waals surface area contributed by atoms with Gasteiger partial charge in [0.2, 0.25) is 6.79 Å². The first-order valence-electron chi connectivity index (χ1n) is 4.97. The number of aliphatic carboxylic acids is 1. The van der Waals surface area contributed by atoms with Crippen LogP contribution in [0.3, 0.4) is 0 Å². The molecule has 1 aliphatic carbocycles. The molecule has 4 nitrogen and oxygen atoms in total. The van der Waals surface area contributed by atoms with Crippen molar-refractivity contribution in [1.29, 1.82) is 0 Å². The van der Waals surface area contributed by atoms with E-state index in [1.807, 2.05) is 0 Å². The van der Waals surface area contributed by atoms with E-state index in [1.54, 1.807) is 12.1 Å². The number of benzene rings is 1. The number of hydrogen-bond donors (Lipinski definition) is 1. The van der Waals surface area contributed by atoms with Gasteiger partial charge in [0.05, 0.1) is 9.89 Å². The number of rotatable bonds is 2. The van der Waals surface area contributed by atoms with Crippen molar-refractivity contribution in [3.8, 4) is 11.5 Å². The monoisotopic (exact) mass is 284 g/mol. The zero-order chi connectivity index (χ0) is 11.3. The first-order valence-corrected chi connectivity index (χ1v) is 5.76. The van der Waals surface area contributed by atoms with Gasteiger partial charge in [-0.05, 0) is 40.4 Å². The molecule has 0 spiro atoms. The maximum absolute atomic E-state index is 11.2. The lowest BCUT2D eigenvalue weighted by Gasteiger charge is -2.13. The Bertz CT molecular complexity index is 479. The molecule has 1 aromatic rings. The van der Waals surface area contributed by atoms with Gasteiger partial charge in [0, 0.05) is 0 Å². The summed E-state index contributed by atoms with van der Waals surface area (Å²) in [4.78, 5) is 11.2. The lowest BCUT2D eigenvalue weighted by atomic mass is 9.96. The summed E-state index contributed by atoms with van der Waals surface area (Å²) in [5.41, 5.74) is 0.0593. The van der Waals surface area contributed by atoms with E-state index in [9.17, 15) is 9.90 Å². The van der Waals surface area contributed by atoms with E-state index in [0.29, 0.717) is 28.8 Å². The maximum Gasteiger partial charge on any atom is 0.314 e. The fourth-order valence-corrected chi connectivity index (χ4v) is 2.85. The van der Waals surface area contributed by atoms with Gasteiger partial charge in [-0.25, -0.2) is 0 Å². The highest BCUT2D eigenvalue weighted by Crippen LogP contribution is 2.54. The molecular formula is C11H9BrO4. The molecule has 1 fully saturated rings. The summed E-state index contributed by atoms with van der Waals surface area (Å²) >= 11 is 3.41. The van der Waals surface area contributed by atoms with Gasteiger partial charge in [-0.2, -0.15) is 0 Å². The number of carboxylic acids is 1. The first-order chi connectivity index (χ1) is 7.65. The zero-order valence-electron chi connectivity index (χ0n) is 8.33. The fourth-order valence-electron chi connectivity index (χ4n) is 2.03. The zero-order valence-corrected chi connectivity index (χ0v) is 9.91. The molecule has 1 aromatic carbocycles. The first kappa shape index (κ1) is 9.96. The Hall–Kier alpha value is -1.23. The van der Waals surface area contributed by atoms with E-state index in [4.69, 9.17) is 9.47 Å². The lowest BCUT2D eigenvalue weighted by molar-refractivity contribution is -0.140. The molecule has 1 saturated carbocycles. The Morgan fingerprint density at radius 1 is 1.38 bits per heavy atom. The van der Waals surface area contributed by atoms with Gasteiger partial charge in [-0.15, -0.1) is 0 Å². The second-order valence-corrected chi connectivity index (χ2v) is 4.84. The Morgan fingerprint density at radius 3 is 2.75 bits per heavy atom. The van der Waals surface area contributed by atoms with Crippen LogP contribution in [0.25, 0.3) is 0 Å². The minimum absolute atomic E-state index is 0.192. The topological polar surface area (TPSA) is 55.8 Å². The maximum atomic E-state index is 11.2. The number of carboxylic acid groups (broad SMARTS) is 1. The van der Waals surface area contributed by atoms with Crippen LogP contribution in [-0.4, -0.2) is 17.9 Å². The highest BCUT2D eigenvalue weighted by molar-refractivity contribution is 9.10. The van der Waals surface area contributed by atoms with Crippen LogP contribution in [0, 0.1) is 0 Å². The molecule has 0 aromatic heterocycles. The fraction of sp³-hybridized carbons (Fsp3) is 0.364. The Morgan fingerprint density at radius 2 is 2.12 bits per heavy atom. The van der Waals surface area contributed by atoms with Crippen molar-refractivity contribution in [2.24, 2.45) is 0 Å². The van der Waals surface area contributed by atoms with Crippen LogP contribution in [0.4, 0.5) is 0 Å². The largest absolute Gasteiger partial charge is 0.481 e. The molecule has 0 bridgehead atoms. The molecule has 0 radical (unpaired) electrons. The number of carbonyl (C=O) groups is 1. The second-order valence-electron chi connectivity index (χ2n) is 4.05. The van der Waals surface area contributed by atoms with Crippen molar-refractivity contribution < 1.29 is 19.4 Å². The summed E-state index contributed by atoms with van der Waals surface area (Å²) in [5.74, 6) is 0.508. The number of halogens is 1. The molecule has 84 valence electrons. The average molecular weight is 285 g/mol. The lowest BCUT2D eigenvalue weighted by Crippen LogP contribution is -2.20. The number of fused-ring (bicyclic) bond motifs is 1. The molecule has 2 aliphatic rings. The Balaban J connectivity index is 2.13. The summed E-state index contributed by atoms with van der Waals surface area (Å²) < 4.78 is 11.2. The van der Waals surface area contributed by atoms with E-state index < -0.39 is 11.4 Å². The molecule has 16 heavy (non-hydrogen) atoms. The van der Waals surface area contributed by atoms with E-state index in [-0.39, 0.29) is 6.79 Å². The smallest absolute Gasteiger partial charge is 0.314 e. The van der Waals surface area contributed by atoms with Crippen molar-refractivity contribution in [1.82, 2.24) is 0 Å². The third-order valence-corrected chi connectivity index (χ3v) is 3.94. The van der Waals surface area contributed by atoms with Crippen LogP contribution < -0.4 is 9.47 Å². The average Bonchev–Trinajstić information content (AvgIpc) is 2.90. The normalized spacial score (nSPS) is 19.6. The van der Waals surface area contributed by atoms with Crippen LogP contribution in [-0.2, 0) is 10.2 Å². The van der Waals surface area contributed by atoms with Gasteiger partial charge < -0.3 is 14.6 Å².